The first-order valence-electron chi connectivity index (χ1n) is 18.6. The Morgan fingerprint density at radius 1 is 0.239 bits per heavy atom. The smallest absolute Gasteiger partial charge is 0.200 e. The van der Waals surface area contributed by atoms with Crippen LogP contribution in [-0.4, -0.2) is 6.15 Å². The summed E-state index contributed by atoms with van der Waals surface area (Å²) in [4.78, 5) is 0. The third-order valence-corrected chi connectivity index (χ3v) is 13.7. The van der Waals surface area contributed by atoms with E-state index in [2.05, 4.69) is 93.6 Å². The highest BCUT2D eigenvalue weighted by Crippen LogP contribution is 2.37. The van der Waals surface area contributed by atoms with Gasteiger partial charge in [0.2, 0.25) is 0 Å². The van der Waals surface area contributed by atoms with Crippen LogP contribution in [0.25, 0.3) is 0 Å². The molecule has 0 N–H and O–H groups in total. The second kappa shape index (κ2) is 18.7. The van der Waals surface area contributed by atoms with Crippen molar-refractivity contribution in [1.29, 1.82) is 0 Å². The fourth-order valence-corrected chi connectivity index (χ4v) is 10.5. The van der Waals surface area contributed by atoms with E-state index in [-0.39, 0.29) is 0 Å². The van der Waals surface area contributed by atoms with E-state index in [4.69, 9.17) is 0 Å². The van der Waals surface area contributed by atoms with E-state index >= 15 is 35.1 Å². The van der Waals surface area contributed by atoms with E-state index in [0.29, 0.717) is 0 Å². The highest BCUT2D eigenvalue weighted by molar-refractivity contribution is 7.80. The Morgan fingerprint density at radius 3 is 0.552 bits per heavy atom. The highest BCUT2D eigenvalue weighted by Gasteiger charge is 2.52. The third-order valence-electron chi connectivity index (χ3n) is 10.8. The molecule has 0 spiro atoms. The Morgan fingerprint density at radius 2 is 0.388 bits per heavy atom. The predicted octanol–water partition coefficient (Wildman–Crippen LogP) is 10.2. The monoisotopic (exact) mass is 983 g/mol. The number of benzene rings is 7. The molecular weight excluding hydrogens is 962 g/mol. The lowest BCUT2D eigenvalue weighted by atomic mass is 9.12. The maximum absolute atomic E-state index is 15.4. The van der Waals surface area contributed by atoms with Crippen LogP contribution in [0.2, 0.25) is 0 Å². The van der Waals surface area contributed by atoms with Crippen LogP contribution < -0.4 is 37.8 Å². The van der Waals surface area contributed by atoms with E-state index in [1.54, 1.807) is 0 Å². The fourth-order valence-electron chi connectivity index (χ4n) is 7.71. The Labute approximate surface area is 365 Å². The molecule has 0 atom stereocenters. The van der Waals surface area contributed by atoms with E-state index in [9.17, 15) is 52.7 Å². The van der Waals surface area contributed by atoms with Gasteiger partial charge in [0.25, 0.3) is 0 Å². The average molecular weight is 983 g/mol. The second-order valence-corrected chi connectivity index (χ2v) is 16.6. The van der Waals surface area contributed by atoms with E-state index in [0.717, 1.165) is 0 Å². The van der Waals surface area contributed by atoms with Crippen LogP contribution in [0.3, 0.4) is 0 Å². The van der Waals surface area contributed by atoms with Gasteiger partial charge in [-0.05, 0) is 61.3 Å². The molecule has 0 amide bonds. The summed E-state index contributed by atoms with van der Waals surface area (Å²) in [5.41, 5.74) is -10.2. The molecule has 7 aromatic carbocycles. The Balaban J connectivity index is 0.000000279. The Bertz CT molecular complexity index is 2650. The SMILES string of the molecule is Cc1ccccc1P(c1ccccc1C)c1ccccc1C.Fc1c(F)c(F)c([B-](c2c(F)c(F)c(F)c(F)c2F)(c2c(F)c(F)c(F)c(F)c2F)c2c(F)c(F)c(F)c(F)c2F)c(F)c1F. The zero-order valence-electron chi connectivity index (χ0n) is 33.5. The van der Waals surface area contributed by atoms with Crippen LogP contribution in [0.1, 0.15) is 16.7 Å². The van der Waals surface area contributed by atoms with E-state index in [1.165, 1.54) is 32.6 Å². The molecule has 0 saturated heterocycles. The van der Waals surface area contributed by atoms with Gasteiger partial charge in [-0.15, -0.1) is 21.9 Å². The molecular formula is C45H21BF20P-. The molecule has 67 heavy (non-hydrogen) atoms. The van der Waals surface area contributed by atoms with Crippen LogP contribution in [0.15, 0.2) is 72.8 Å². The Kier molecular flexibility index (Phi) is 14.0. The number of aryl methyl sites for hydroxylation is 3. The molecule has 0 bridgehead atoms. The van der Waals surface area contributed by atoms with Crippen LogP contribution in [-0.2, 0) is 0 Å². The maximum Gasteiger partial charge on any atom is 0.200 e. The molecule has 350 valence electrons. The standard InChI is InChI=1S/C24BF20.C21H21P/c26-5-1(6(27)14(35)21(42)13(5)34)25(2-7(28)15(36)22(43)16(37)8(2)29,3-9(30)17(38)23(44)18(39)10(3)31)4-11(32)19(40)24(45)20(41)12(4)33;1-16-10-4-7-13-19(16)22(20-14-8-5-11-17(20)2)21-15-9-6-12-18(21)3/h;4-15H,1-3H3/q-1;. The summed E-state index contributed by atoms with van der Waals surface area (Å²) in [6.07, 6.45) is -7.22. The van der Waals surface area contributed by atoms with Crippen molar-refractivity contribution in [3.63, 3.8) is 0 Å². The minimum atomic E-state index is -7.22. The molecule has 7 aromatic rings. The topological polar surface area (TPSA) is 0 Å². The van der Waals surface area contributed by atoms with Crippen molar-refractivity contribution in [2.75, 3.05) is 0 Å². The predicted molar refractivity (Wildman–Crippen MR) is 209 cm³/mol. The summed E-state index contributed by atoms with van der Waals surface area (Å²) < 4.78 is 294. The van der Waals surface area contributed by atoms with Gasteiger partial charge in [-0.1, -0.05) is 72.8 Å². The fraction of sp³-hybridized carbons (Fsp3) is 0.0667. The molecule has 0 saturated carbocycles. The largest absolute Gasteiger partial charge is 0.207 e. The molecule has 0 fully saturated rings. The van der Waals surface area contributed by atoms with Crippen molar-refractivity contribution in [2.45, 2.75) is 20.8 Å². The van der Waals surface area contributed by atoms with Gasteiger partial charge in [-0.25, -0.2) is 87.8 Å². The highest BCUT2D eigenvalue weighted by atomic mass is 31.1. The molecule has 0 heterocycles. The minimum Gasteiger partial charge on any atom is -0.207 e. The van der Waals surface area contributed by atoms with Gasteiger partial charge in [0, 0.05) is 0 Å². The number of halogens is 20. The average Bonchev–Trinajstić information content (AvgIpc) is 3.31. The van der Waals surface area contributed by atoms with Gasteiger partial charge in [-0.3, -0.25) is 0 Å². The lowest BCUT2D eigenvalue weighted by Gasteiger charge is -2.44. The van der Waals surface area contributed by atoms with Gasteiger partial charge >= 0.3 is 0 Å². The first-order valence-corrected chi connectivity index (χ1v) is 19.9. The molecule has 0 unspecified atom stereocenters. The zero-order chi connectivity index (χ0) is 49.9. The third kappa shape index (κ3) is 7.87. The van der Waals surface area contributed by atoms with Crippen molar-refractivity contribution in [3.8, 4) is 0 Å². The quantitative estimate of drug-likeness (QED) is 0.0491. The molecule has 7 rings (SSSR count). The van der Waals surface area contributed by atoms with Gasteiger partial charge in [-0.2, -0.15) is 0 Å². The first-order chi connectivity index (χ1) is 31.4. The number of rotatable bonds is 7. The summed E-state index contributed by atoms with van der Waals surface area (Å²) in [5, 5.41) is 4.38. The van der Waals surface area contributed by atoms with Crippen LogP contribution >= 0.6 is 7.92 Å². The van der Waals surface area contributed by atoms with Crippen molar-refractivity contribution < 1.29 is 87.8 Å². The lowest BCUT2D eigenvalue weighted by molar-refractivity contribution is 0.378. The first kappa shape index (κ1) is 50.1. The van der Waals surface area contributed by atoms with Gasteiger partial charge in [0.1, 0.15) is 52.7 Å². The minimum absolute atomic E-state index is 0.508. The van der Waals surface area contributed by atoms with Gasteiger partial charge in [0.15, 0.2) is 69.8 Å². The van der Waals surface area contributed by atoms with Crippen LogP contribution in [0, 0.1) is 137 Å². The summed E-state index contributed by atoms with van der Waals surface area (Å²) in [5.74, 6) is -71.4. The number of hydrogen-bond acceptors (Lipinski definition) is 0. The maximum atomic E-state index is 15.4. The lowest BCUT2D eigenvalue weighted by Crippen LogP contribution is -2.81. The van der Waals surface area contributed by atoms with Crippen LogP contribution in [0.5, 0.6) is 0 Å². The molecule has 22 heteroatoms. The van der Waals surface area contributed by atoms with E-state index in [1.807, 2.05) is 0 Å². The van der Waals surface area contributed by atoms with Gasteiger partial charge in [0.05, 0.1) is 0 Å². The molecule has 0 aliphatic carbocycles. The van der Waals surface area contributed by atoms with Crippen molar-refractivity contribution in [2.24, 2.45) is 0 Å². The van der Waals surface area contributed by atoms with Crippen molar-refractivity contribution in [1.82, 2.24) is 0 Å². The summed E-state index contributed by atoms with van der Waals surface area (Å²) >= 11 is 0. The molecule has 0 aromatic heterocycles. The van der Waals surface area contributed by atoms with Gasteiger partial charge < -0.3 is 0 Å². The normalized spacial score (nSPS) is 11.6. The molecule has 0 nitrogen and oxygen atoms in total. The molecule has 0 aliphatic rings. The summed E-state index contributed by atoms with van der Waals surface area (Å²) in [6.45, 7) is 6.67. The van der Waals surface area contributed by atoms with Crippen molar-refractivity contribution in [3.05, 3.63) is 206 Å². The Hall–Kier alpha value is -6.37. The molecule has 0 aliphatic heterocycles. The van der Waals surface area contributed by atoms with Crippen LogP contribution in [0.4, 0.5) is 87.8 Å². The summed E-state index contributed by atoms with van der Waals surface area (Å²) in [7, 11) is -0.508. The zero-order valence-corrected chi connectivity index (χ0v) is 34.4. The number of hydrogen-bond donors (Lipinski definition) is 0. The van der Waals surface area contributed by atoms with E-state index < -0.39 is 152 Å². The summed E-state index contributed by atoms with van der Waals surface area (Å²) in [6, 6.07) is 26.4. The molecule has 0 radical (unpaired) electrons. The second-order valence-electron chi connectivity index (χ2n) is 14.5. The van der Waals surface area contributed by atoms with Crippen molar-refractivity contribution >= 4 is 51.8 Å².